The number of amides is 1. The Labute approximate surface area is 129 Å². The van der Waals surface area contributed by atoms with Gasteiger partial charge in [-0.15, -0.1) is 12.4 Å². The van der Waals surface area contributed by atoms with Crippen LogP contribution in [0.2, 0.25) is 0 Å². The van der Waals surface area contributed by atoms with E-state index >= 15 is 0 Å². The molecule has 6 nitrogen and oxygen atoms in total. The van der Waals surface area contributed by atoms with Crippen molar-refractivity contribution in [3.8, 4) is 0 Å². The van der Waals surface area contributed by atoms with Crippen molar-refractivity contribution in [1.82, 2.24) is 14.5 Å². The highest BCUT2D eigenvalue weighted by Crippen LogP contribution is 2.11. The molecule has 0 aliphatic carbocycles. The molecule has 0 aliphatic heterocycles. The molecule has 1 aromatic heterocycles. The molecule has 1 heterocycles. The van der Waals surface area contributed by atoms with Crippen LogP contribution in [-0.4, -0.2) is 28.1 Å². The largest absolute Gasteiger partial charge is 0.356 e. The minimum Gasteiger partial charge on any atom is -0.356 e. The second kappa shape index (κ2) is 7.85. The number of benzene rings is 1. The van der Waals surface area contributed by atoms with Crippen LogP contribution in [0.15, 0.2) is 29.1 Å². The molecule has 0 saturated carbocycles. The Morgan fingerprint density at radius 1 is 1.29 bits per heavy atom. The summed E-state index contributed by atoms with van der Waals surface area (Å²) in [6, 6.07) is 7.57. The lowest BCUT2D eigenvalue weighted by atomic mass is 10.3. The fourth-order valence-corrected chi connectivity index (χ4v) is 2.21. The Morgan fingerprint density at radius 2 is 1.95 bits per heavy atom. The Kier molecular flexibility index (Phi) is 6.45. The Morgan fingerprint density at radius 3 is 2.62 bits per heavy atom. The number of carbonyl (C=O) groups is 1. The lowest BCUT2D eigenvalue weighted by Crippen LogP contribution is -2.29. The van der Waals surface area contributed by atoms with Gasteiger partial charge in [0.25, 0.3) is 0 Å². The van der Waals surface area contributed by atoms with Crippen LogP contribution in [0.25, 0.3) is 11.0 Å². The van der Waals surface area contributed by atoms with Gasteiger partial charge in [0.2, 0.25) is 5.91 Å². The summed E-state index contributed by atoms with van der Waals surface area (Å²) >= 11 is 0. The molecule has 116 valence electrons. The van der Waals surface area contributed by atoms with Crippen molar-refractivity contribution in [2.75, 3.05) is 13.1 Å². The topological polar surface area (TPSA) is 82.0 Å². The number of nitrogens with zero attached hydrogens (tertiary/aromatic N) is 2. The van der Waals surface area contributed by atoms with Crippen LogP contribution in [0.1, 0.15) is 12.8 Å². The first-order valence-electron chi connectivity index (χ1n) is 6.76. The number of para-hydroxylation sites is 2. The number of imidazole rings is 1. The van der Waals surface area contributed by atoms with E-state index in [0.717, 1.165) is 17.5 Å². The van der Waals surface area contributed by atoms with E-state index in [-0.39, 0.29) is 24.0 Å². The molecule has 2 aromatic rings. The van der Waals surface area contributed by atoms with Crippen molar-refractivity contribution in [2.45, 2.75) is 19.4 Å². The molecule has 21 heavy (non-hydrogen) atoms. The first kappa shape index (κ1) is 17.3. The summed E-state index contributed by atoms with van der Waals surface area (Å²) in [6.45, 7) is 1.53. The van der Waals surface area contributed by atoms with E-state index in [1.807, 2.05) is 24.3 Å². The third-order valence-corrected chi connectivity index (χ3v) is 3.32. The number of rotatable bonds is 6. The zero-order valence-electron chi connectivity index (χ0n) is 12.0. The maximum atomic E-state index is 12.1. The van der Waals surface area contributed by atoms with Gasteiger partial charge in [0.15, 0.2) is 0 Å². The number of halogens is 1. The molecule has 0 aliphatic rings. The normalized spacial score (nSPS) is 10.4. The number of nitrogens with two attached hydrogens (primary N) is 1. The summed E-state index contributed by atoms with van der Waals surface area (Å²) in [5.74, 6) is -0.0571. The average Bonchev–Trinajstić information content (AvgIpc) is 2.70. The molecule has 0 saturated heterocycles. The Balaban J connectivity index is 0.00000220. The van der Waals surface area contributed by atoms with E-state index in [1.165, 1.54) is 0 Å². The van der Waals surface area contributed by atoms with Crippen LogP contribution >= 0.6 is 12.4 Å². The maximum absolute atomic E-state index is 12.1. The van der Waals surface area contributed by atoms with Gasteiger partial charge in [0.1, 0.15) is 0 Å². The number of carbonyl (C=O) groups excluding carboxylic acids is 1. The third kappa shape index (κ3) is 3.86. The standard InChI is InChI=1S/C14H20N4O2.ClH/c1-17-11-5-2-3-6-12(11)18(14(17)20)10-7-13(19)16-9-4-8-15;/h2-3,5-6H,4,7-10,15H2,1H3,(H,16,19);1H. The minimum atomic E-state index is -0.0963. The van der Waals surface area contributed by atoms with Crippen LogP contribution in [0.5, 0.6) is 0 Å². The second-order valence-corrected chi connectivity index (χ2v) is 4.72. The maximum Gasteiger partial charge on any atom is 0.328 e. The van der Waals surface area contributed by atoms with E-state index < -0.39 is 0 Å². The molecular formula is C14H21ClN4O2. The van der Waals surface area contributed by atoms with Gasteiger partial charge in [0, 0.05) is 26.6 Å². The number of fused-ring (bicyclic) bond motifs is 1. The SMILES string of the molecule is Cl.Cn1c(=O)n(CCC(=O)NCCCN)c2ccccc21. The zero-order chi connectivity index (χ0) is 14.5. The van der Waals surface area contributed by atoms with Crippen molar-refractivity contribution in [3.05, 3.63) is 34.7 Å². The number of nitrogens with one attached hydrogen (secondary N) is 1. The van der Waals surface area contributed by atoms with Gasteiger partial charge in [-0.1, -0.05) is 12.1 Å². The lowest BCUT2D eigenvalue weighted by molar-refractivity contribution is -0.121. The van der Waals surface area contributed by atoms with Crippen LogP contribution in [0, 0.1) is 0 Å². The lowest BCUT2D eigenvalue weighted by Gasteiger charge is -2.05. The highest BCUT2D eigenvalue weighted by Gasteiger charge is 2.10. The predicted molar refractivity (Wildman–Crippen MR) is 85.7 cm³/mol. The smallest absolute Gasteiger partial charge is 0.328 e. The molecule has 3 N–H and O–H groups in total. The number of aromatic nitrogens is 2. The molecule has 7 heteroatoms. The summed E-state index contributed by atoms with van der Waals surface area (Å²) < 4.78 is 3.24. The minimum absolute atomic E-state index is 0. The first-order chi connectivity index (χ1) is 9.65. The summed E-state index contributed by atoms with van der Waals surface area (Å²) in [6.07, 6.45) is 1.05. The fourth-order valence-electron chi connectivity index (χ4n) is 2.21. The van der Waals surface area contributed by atoms with Crippen LogP contribution in [0.3, 0.4) is 0 Å². The summed E-state index contributed by atoms with van der Waals surface area (Å²) in [5, 5.41) is 2.79. The van der Waals surface area contributed by atoms with Gasteiger partial charge in [-0.25, -0.2) is 4.79 Å². The first-order valence-corrected chi connectivity index (χ1v) is 6.76. The van der Waals surface area contributed by atoms with Crippen molar-refractivity contribution >= 4 is 29.3 Å². The van der Waals surface area contributed by atoms with Crippen LogP contribution in [-0.2, 0) is 18.4 Å². The van der Waals surface area contributed by atoms with Crippen LogP contribution in [0.4, 0.5) is 0 Å². The molecule has 2 rings (SSSR count). The molecular weight excluding hydrogens is 292 g/mol. The number of hydrogen-bond donors (Lipinski definition) is 2. The summed E-state index contributed by atoms with van der Waals surface area (Å²) in [7, 11) is 1.74. The summed E-state index contributed by atoms with van der Waals surface area (Å²) in [5.41, 5.74) is 7.00. The molecule has 0 unspecified atom stereocenters. The molecule has 0 atom stereocenters. The molecule has 1 aromatic carbocycles. The van der Waals surface area contributed by atoms with E-state index in [9.17, 15) is 9.59 Å². The van der Waals surface area contributed by atoms with Gasteiger partial charge in [-0.05, 0) is 25.1 Å². The van der Waals surface area contributed by atoms with Gasteiger partial charge >= 0.3 is 5.69 Å². The fraction of sp³-hybridized carbons (Fsp3) is 0.429. The summed E-state index contributed by atoms with van der Waals surface area (Å²) in [4.78, 5) is 23.8. The van der Waals surface area contributed by atoms with E-state index in [0.29, 0.717) is 26.1 Å². The van der Waals surface area contributed by atoms with E-state index in [2.05, 4.69) is 5.32 Å². The van der Waals surface area contributed by atoms with Crippen molar-refractivity contribution < 1.29 is 4.79 Å². The van der Waals surface area contributed by atoms with E-state index in [1.54, 1.807) is 16.2 Å². The highest BCUT2D eigenvalue weighted by atomic mass is 35.5. The quantitative estimate of drug-likeness (QED) is 0.767. The molecule has 0 radical (unpaired) electrons. The zero-order valence-corrected chi connectivity index (χ0v) is 12.9. The monoisotopic (exact) mass is 312 g/mol. The number of hydrogen-bond acceptors (Lipinski definition) is 3. The third-order valence-electron chi connectivity index (χ3n) is 3.32. The van der Waals surface area contributed by atoms with Gasteiger partial charge in [-0.2, -0.15) is 0 Å². The van der Waals surface area contributed by atoms with Gasteiger partial charge in [-0.3, -0.25) is 13.9 Å². The molecule has 0 bridgehead atoms. The molecule has 0 spiro atoms. The molecule has 1 amide bonds. The van der Waals surface area contributed by atoms with Crippen molar-refractivity contribution in [2.24, 2.45) is 12.8 Å². The average molecular weight is 313 g/mol. The van der Waals surface area contributed by atoms with Gasteiger partial charge < -0.3 is 11.1 Å². The van der Waals surface area contributed by atoms with Crippen molar-refractivity contribution in [1.29, 1.82) is 0 Å². The Hall–Kier alpha value is -1.79. The van der Waals surface area contributed by atoms with E-state index in [4.69, 9.17) is 5.73 Å². The highest BCUT2D eigenvalue weighted by molar-refractivity contribution is 5.85. The second-order valence-electron chi connectivity index (χ2n) is 4.72. The predicted octanol–water partition coefficient (Wildman–Crippen LogP) is 0.617. The van der Waals surface area contributed by atoms with Crippen molar-refractivity contribution in [3.63, 3.8) is 0 Å². The Bertz CT molecular complexity index is 663. The van der Waals surface area contributed by atoms with Crippen LogP contribution < -0.4 is 16.7 Å². The van der Waals surface area contributed by atoms with Gasteiger partial charge in [0.05, 0.1) is 11.0 Å². The molecule has 0 fully saturated rings. The number of aryl methyl sites for hydroxylation is 2.